The van der Waals surface area contributed by atoms with Crippen molar-refractivity contribution in [3.8, 4) is 11.9 Å². The van der Waals surface area contributed by atoms with Crippen LogP contribution in [-0.2, 0) is 15.0 Å². The molecule has 228 valence electrons. The zero-order chi connectivity index (χ0) is 31.1. The quantitative estimate of drug-likeness (QED) is 0.364. The van der Waals surface area contributed by atoms with E-state index in [0.29, 0.717) is 30.6 Å². The molecular weight excluding hydrogens is 544 g/mol. The van der Waals surface area contributed by atoms with Gasteiger partial charge in [0.15, 0.2) is 6.19 Å². The monoisotopic (exact) mass is 585 g/mol. The second kappa shape index (κ2) is 13.9. The molecule has 1 aromatic heterocycles. The normalized spacial score (nSPS) is 20.9. The van der Waals surface area contributed by atoms with Crippen molar-refractivity contribution >= 4 is 17.9 Å². The average molecular weight is 586 g/mol. The van der Waals surface area contributed by atoms with E-state index in [1.807, 2.05) is 30.3 Å². The molecule has 11 heteroatoms. The van der Waals surface area contributed by atoms with Gasteiger partial charge in [0, 0.05) is 56.0 Å². The van der Waals surface area contributed by atoms with Gasteiger partial charge in [-0.05, 0) is 42.0 Å². The van der Waals surface area contributed by atoms with Gasteiger partial charge in [0.1, 0.15) is 18.1 Å². The first-order chi connectivity index (χ1) is 19.8. The zero-order valence-electron chi connectivity index (χ0n) is 24.9. The lowest BCUT2D eigenvalue weighted by Crippen LogP contribution is -2.46. The Morgan fingerprint density at radius 2 is 1.90 bits per heavy atom. The number of likely N-dealkylation sites (N-methyl/N-ethyl adjacent to an activating group) is 1. The third kappa shape index (κ3) is 8.38. The largest absolute Gasteiger partial charge is 0.496 e. The number of nitriles is 1. The number of aldehydes is 1. The maximum absolute atomic E-state index is 13.6. The number of pyridine rings is 1. The number of nitrogens with one attached hydrogen (secondary N) is 1. The molecule has 0 bridgehead atoms. The molecule has 1 aliphatic carbocycles. The molecule has 1 aliphatic heterocycles. The van der Waals surface area contributed by atoms with E-state index in [-0.39, 0.29) is 43.0 Å². The number of β-amino-alcohol motifs (C(OH)–C–C–N with tert-alkyl or cyclic N) is 1. The minimum absolute atomic E-state index is 0.0174. The Morgan fingerprint density at radius 1 is 1.26 bits per heavy atom. The van der Waals surface area contributed by atoms with E-state index in [0.717, 1.165) is 5.69 Å². The van der Waals surface area contributed by atoms with Gasteiger partial charge in [-0.1, -0.05) is 32.9 Å². The van der Waals surface area contributed by atoms with Crippen LogP contribution in [0.1, 0.15) is 70.0 Å². The molecule has 1 saturated heterocycles. The molecule has 1 aromatic carbocycles. The van der Waals surface area contributed by atoms with Crippen LogP contribution in [0.2, 0.25) is 0 Å². The second-order valence-electron chi connectivity index (χ2n) is 11.9. The molecule has 1 amide bonds. The molecule has 2 aromatic rings. The van der Waals surface area contributed by atoms with E-state index in [9.17, 15) is 18.4 Å². The number of halogens is 2. The summed E-state index contributed by atoms with van der Waals surface area (Å²) in [5.41, 5.74) is 2.69. The fraction of sp³-hybridized carbons (Fsp3) is 0.548. The van der Waals surface area contributed by atoms with Crippen molar-refractivity contribution in [1.82, 2.24) is 15.2 Å². The summed E-state index contributed by atoms with van der Waals surface area (Å²) in [5, 5.41) is 20.4. The number of carbonyl (C=O) groups excluding carboxylic acids is 2. The molecular formula is C31H41F2N5O4. The lowest BCUT2D eigenvalue weighted by atomic mass is 9.87. The standard InChI is InChI=1S/C25H33F2N3O2.C6H8N2O2/c1-24(2,3)17-6-8-19(9-7-17)30(4)22(20-16-28-15-12-21(20)32-5)23(31)29-18-10-13-25(26,27)14-11-18;7-4-8-2-6(10)1-5(8)3-9/h6-9,12,15-16,18,22H,10-11,13-14H2,1-5H3,(H,29,31);3,5-6,10H,1-2H2. The van der Waals surface area contributed by atoms with E-state index in [4.69, 9.17) is 15.1 Å². The SMILES string of the molecule is COc1ccncc1C(C(=O)NC1CCC(F)(F)CC1)N(C)c1ccc(C(C)(C)C)cc1.N#CN1CC(O)CC1C=O. The van der Waals surface area contributed by atoms with Gasteiger partial charge in [-0.15, -0.1) is 0 Å². The number of anilines is 1. The first-order valence-corrected chi connectivity index (χ1v) is 14.1. The number of hydrogen-bond donors (Lipinski definition) is 2. The third-order valence-corrected chi connectivity index (χ3v) is 7.77. The van der Waals surface area contributed by atoms with Crippen LogP contribution in [0, 0.1) is 11.5 Å². The zero-order valence-corrected chi connectivity index (χ0v) is 24.9. The van der Waals surface area contributed by atoms with E-state index in [2.05, 4.69) is 43.2 Å². The Balaban J connectivity index is 0.000000408. The second-order valence-corrected chi connectivity index (χ2v) is 11.9. The molecule has 42 heavy (non-hydrogen) atoms. The fourth-order valence-electron chi connectivity index (χ4n) is 5.21. The molecule has 4 rings (SSSR count). The van der Waals surface area contributed by atoms with Gasteiger partial charge in [0.05, 0.1) is 25.8 Å². The molecule has 9 nitrogen and oxygen atoms in total. The van der Waals surface area contributed by atoms with Gasteiger partial charge >= 0.3 is 0 Å². The maximum Gasteiger partial charge on any atom is 0.248 e. The van der Waals surface area contributed by atoms with Crippen molar-refractivity contribution in [2.75, 3.05) is 25.6 Å². The molecule has 2 aliphatic rings. The topological polar surface area (TPSA) is 119 Å². The highest BCUT2D eigenvalue weighted by atomic mass is 19.3. The molecule has 2 N–H and O–H groups in total. The van der Waals surface area contributed by atoms with Gasteiger partial charge in [0.2, 0.25) is 11.8 Å². The molecule has 1 saturated carbocycles. The van der Waals surface area contributed by atoms with Crippen molar-refractivity contribution in [3.63, 3.8) is 0 Å². The summed E-state index contributed by atoms with van der Waals surface area (Å²) >= 11 is 0. The van der Waals surface area contributed by atoms with E-state index >= 15 is 0 Å². The first kappa shape index (κ1) is 32.7. The summed E-state index contributed by atoms with van der Waals surface area (Å²) in [7, 11) is 3.40. The van der Waals surface area contributed by atoms with Crippen molar-refractivity contribution in [2.45, 2.75) is 88.4 Å². The van der Waals surface area contributed by atoms with Crippen molar-refractivity contribution in [2.24, 2.45) is 0 Å². The first-order valence-electron chi connectivity index (χ1n) is 14.1. The van der Waals surface area contributed by atoms with Crippen LogP contribution in [0.5, 0.6) is 5.75 Å². The fourth-order valence-corrected chi connectivity index (χ4v) is 5.21. The number of nitrogens with zero attached hydrogens (tertiary/aromatic N) is 4. The van der Waals surface area contributed by atoms with E-state index < -0.39 is 24.1 Å². The molecule has 0 spiro atoms. The van der Waals surface area contributed by atoms with Crippen LogP contribution in [0.25, 0.3) is 0 Å². The Kier molecular flexibility index (Phi) is 10.9. The number of likely N-dealkylation sites (tertiary alicyclic amines) is 1. The number of aliphatic hydroxyl groups is 1. The predicted octanol–water partition coefficient (Wildman–Crippen LogP) is 4.36. The number of ether oxygens (including phenoxy) is 1. The molecule has 3 unspecified atom stereocenters. The molecule has 2 heterocycles. The van der Waals surface area contributed by atoms with Gasteiger partial charge < -0.3 is 24.9 Å². The van der Waals surface area contributed by atoms with Crippen LogP contribution >= 0.6 is 0 Å². The average Bonchev–Trinajstić information content (AvgIpc) is 3.34. The summed E-state index contributed by atoms with van der Waals surface area (Å²) in [6, 6.07) is 8.42. The third-order valence-electron chi connectivity index (χ3n) is 7.77. The van der Waals surface area contributed by atoms with Gasteiger partial charge in [-0.3, -0.25) is 14.7 Å². The van der Waals surface area contributed by atoms with Crippen LogP contribution in [-0.4, -0.2) is 72.0 Å². The smallest absolute Gasteiger partial charge is 0.248 e. The number of methoxy groups -OCH3 is 1. The van der Waals surface area contributed by atoms with Crippen molar-refractivity contribution in [1.29, 1.82) is 5.26 Å². The Bertz CT molecular complexity index is 1240. The van der Waals surface area contributed by atoms with Crippen LogP contribution < -0.4 is 15.0 Å². The number of benzene rings is 1. The highest BCUT2D eigenvalue weighted by molar-refractivity contribution is 5.87. The Morgan fingerprint density at radius 3 is 2.43 bits per heavy atom. The van der Waals surface area contributed by atoms with Crippen LogP contribution in [0.4, 0.5) is 14.5 Å². The lowest BCUT2D eigenvalue weighted by Gasteiger charge is -2.34. The minimum Gasteiger partial charge on any atom is -0.496 e. The number of alkyl halides is 2. The van der Waals surface area contributed by atoms with Crippen molar-refractivity contribution < 1.29 is 28.2 Å². The highest BCUT2D eigenvalue weighted by Gasteiger charge is 2.37. The molecule has 3 atom stereocenters. The van der Waals surface area contributed by atoms with Crippen molar-refractivity contribution in [3.05, 3.63) is 53.9 Å². The Labute approximate surface area is 246 Å². The summed E-state index contributed by atoms with van der Waals surface area (Å²) in [4.78, 5) is 31.0. The number of aliphatic hydroxyl groups excluding tert-OH is 1. The summed E-state index contributed by atoms with van der Waals surface area (Å²) in [5.74, 6) is -2.35. The summed E-state index contributed by atoms with van der Waals surface area (Å²) in [6.45, 7) is 6.74. The van der Waals surface area contributed by atoms with Crippen LogP contribution in [0.15, 0.2) is 42.7 Å². The maximum atomic E-state index is 13.6. The lowest BCUT2D eigenvalue weighted by molar-refractivity contribution is -0.124. The molecule has 0 radical (unpaired) electrons. The van der Waals surface area contributed by atoms with Gasteiger partial charge in [0.25, 0.3) is 0 Å². The predicted molar refractivity (Wildman–Crippen MR) is 155 cm³/mol. The summed E-state index contributed by atoms with van der Waals surface area (Å²) < 4.78 is 32.6. The summed E-state index contributed by atoms with van der Waals surface area (Å²) in [6.07, 6.45) is 5.75. The minimum atomic E-state index is -2.64. The number of hydrogen-bond acceptors (Lipinski definition) is 8. The molecule has 2 fully saturated rings. The van der Waals surface area contributed by atoms with Gasteiger partial charge in [-0.2, -0.15) is 5.26 Å². The Hall–Kier alpha value is -3.78. The number of amides is 1. The van der Waals surface area contributed by atoms with Gasteiger partial charge in [-0.25, -0.2) is 8.78 Å². The number of rotatable bonds is 7. The van der Waals surface area contributed by atoms with E-state index in [1.54, 1.807) is 25.6 Å². The number of aromatic nitrogens is 1. The number of carbonyl (C=O) groups is 2. The van der Waals surface area contributed by atoms with Crippen LogP contribution in [0.3, 0.4) is 0 Å². The van der Waals surface area contributed by atoms with E-state index in [1.165, 1.54) is 10.5 Å². The highest BCUT2D eigenvalue weighted by Crippen LogP contribution is 2.35.